The van der Waals surface area contributed by atoms with Crippen LogP contribution in [0.4, 0.5) is 5.69 Å². The van der Waals surface area contributed by atoms with E-state index in [0.29, 0.717) is 15.7 Å². The summed E-state index contributed by atoms with van der Waals surface area (Å²) in [4.78, 5) is 71.4. The molecule has 7 nitrogen and oxygen atoms in total. The average molecular weight is 552 g/mol. The molecule has 0 fully saturated rings. The molecule has 0 atom stereocenters. The zero-order valence-electron chi connectivity index (χ0n) is 19.1. The molecule has 2 heterocycles. The molecule has 178 valence electrons. The molecule has 0 unspecified atom stereocenters. The molecule has 0 saturated heterocycles. The molecule has 4 aliphatic rings. The molecular formula is C29H14BrNO6. The lowest BCUT2D eigenvalue weighted by Gasteiger charge is -2.40. The fourth-order valence-corrected chi connectivity index (χ4v) is 6.23. The van der Waals surface area contributed by atoms with Crippen molar-refractivity contribution in [1.29, 1.82) is 0 Å². The number of ether oxygens (including phenoxy) is 1. The summed E-state index contributed by atoms with van der Waals surface area (Å²) >= 11 is 3.44. The van der Waals surface area contributed by atoms with Crippen LogP contribution in [-0.2, 0) is 14.9 Å². The van der Waals surface area contributed by atoms with Crippen molar-refractivity contribution in [3.05, 3.63) is 122 Å². The van der Waals surface area contributed by atoms with Crippen molar-refractivity contribution in [2.45, 2.75) is 5.41 Å². The second kappa shape index (κ2) is 7.08. The van der Waals surface area contributed by atoms with Crippen LogP contribution in [0.25, 0.3) is 0 Å². The summed E-state index contributed by atoms with van der Waals surface area (Å²) in [5, 5.41) is 0. The molecule has 7 rings (SSSR count). The quantitative estimate of drug-likeness (QED) is 0.411. The molecule has 1 amide bonds. The Hall–Kier alpha value is -4.43. The Morgan fingerprint density at radius 1 is 0.676 bits per heavy atom. The van der Waals surface area contributed by atoms with E-state index in [1.54, 1.807) is 42.5 Å². The fraction of sp³-hybridized carbons (Fsp3) is 0.0690. The number of likely N-dealkylation sites (N-methyl/N-ethyl adjacent to an activating group) is 1. The van der Waals surface area contributed by atoms with Crippen LogP contribution >= 0.6 is 15.9 Å². The molecule has 0 saturated carbocycles. The molecule has 2 aliphatic heterocycles. The number of rotatable bonds is 0. The van der Waals surface area contributed by atoms with Gasteiger partial charge in [-0.2, -0.15) is 0 Å². The van der Waals surface area contributed by atoms with Gasteiger partial charge in [-0.1, -0.05) is 64.5 Å². The van der Waals surface area contributed by atoms with Gasteiger partial charge in [0.05, 0.1) is 11.1 Å². The van der Waals surface area contributed by atoms with Gasteiger partial charge >= 0.3 is 0 Å². The molecule has 1 spiro atoms. The largest absolute Gasteiger partial charge is 0.448 e. The molecule has 3 aromatic carbocycles. The summed E-state index contributed by atoms with van der Waals surface area (Å²) < 4.78 is 6.52. The van der Waals surface area contributed by atoms with Gasteiger partial charge in [0.1, 0.15) is 5.41 Å². The number of hydrogen-bond donors (Lipinski definition) is 0. The smallest absolute Gasteiger partial charge is 0.247 e. The van der Waals surface area contributed by atoms with E-state index < -0.39 is 46.0 Å². The second-order valence-corrected chi connectivity index (χ2v) is 10.1. The van der Waals surface area contributed by atoms with Crippen molar-refractivity contribution in [2.75, 3.05) is 11.9 Å². The summed E-state index contributed by atoms with van der Waals surface area (Å²) in [5.74, 6) is -3.90. The Morgan fingerprint density at radius 3 is 1.62 bits per heavy atom. The maximum Gasteiger partial charge on any atom is 0.247 e. The van der Waals surface area contributed by atoms with Crippen LogP contribution in [-0.4, -0.2) is 36.1 Å². The van der Waals surface area contributed by atoms with Crippen LogP contribution in [0.15, 0.2) is 93.9 Å². The number of nitrogens with zero attached hydrogens (tertiary/aromatic N) is 1. The van der Waals surface area contributed by atoms with Gasteiger partial charge in [-0.05, 0) is 18.2 Å². The first-order valence-electron chi connectivity index (χ1n) is 11.4. The lowest BCUT2D eigenvalue weighted by Crippen LogP contribution is -2.52. The fourth-order valence-electron chi connectivity index (χ4n) is 5.87. The minimum Gasteiger partial charge on any atom is -0.448 e. The van der Waals surface area contributed by atoms with E-state index in [4.69, 9.17) is 4.74 Å². The number of fused-ring (bicyclic) bond motifs is 6. The highest BCUT2D eigenvalue weighted by Crippen LogP contribution is 2.58. The topological polar surface area (TPSA) is 97.8 Å². The number of amides is 1. The van der Waals surface area contributed by atoms with Gasteiger partial charge in [-0.15, -0.1) is 0 Å². The molecular weight excluding hydrogens is 538 g/mol. The van der Waals surface area contributed by atoms with Gasteiger partial charge in [0, 0.05) is 45.0 Å². The van der Waals surface area contributed by atoms with E-state index in [-0.39, 0.29) is 33.4 Å². The minimum atomic E-state index is -2.04. The first-order valence-corrected chi connectivity index (χ1v) is 12.2. The number of benzene rings is 3. The maximum atomic E-state index is 14.3. The molecule has 0 aromatic heterocycles. The predicted molar refractivity (Wildman–Crippen MR) is 135 cm³/mol. The number of anilines is 1. The highest BCUT2D eigenvalue weighted by molar-refractivity contribution is 9.10. The van der Waals surface area contributed by atoms with E-state index in [2.05, 4.69) is 15.9 Å². The second-order valence-electron chi connectivity index (χ2n) is 9.19. The van der Waals surface area contributed by atoms with E-state index in [1.807, 2.05) is 0 Å². The predicted octanol–water partition coefficient (Wildman–Crippen LogP) is 4.36. The van der Waals surface area contributed by atoms with Crippen LogP contribution in [0.5, 0.6) is 0 Å². The Balaban J connectivity index is 1.65. The number of allylic oxidation sites excluding steroid dienone is 2. The lowest BCUT2D eigenvalue weighted by molar-refractivity contribution is -0.120. The number of halogens is 1. The lowest BCUT2D eigenvalue weighted by atomic mass is 9.60. The molecule has 3 aromatic rings. The van der Waals surface area contributed by atoms with E-state index >= 15 is 0 Å². The van der Waals surface area contributed by atoms with Crippen molar-refractivity contribution in [3.63, 3.8) is 0 Å². The van der Waals surface area contributed by atoms with Crippen LogP contribution in [0.2, 0.25) is 0 Å². The first kappa shape index (κ1) is 21.8. The van der Waals surface area contributed by atoms with Crippen molar-refractivity contribution in [3.8, 4) is 0 Å². The third-order valence-corrected chi connectivity index (χ3v) is 7.95. The molecule has 0 radical (unpaired) electrons. The van der Waals surface area contributed by atoms with Gasteiger partial charge in [-0.3, -0.25) is 24.0 Å². The number of ketones is 4. The summed E-state index contributed by atoms with van der Waals surface area (Å²) in [6.07, 6.45) is 0. The number of carbonyl (C=O) groups is 5. The van der Waals surface area contributed by atoms with Gasteiger partial charge in [-0.25, -0.2) is 0 Å². The van der Waals surface area contributed by atoms with Crippen LogP contribution in [0.1, 0.15) is 47.0 Å². The van der Waals surface area contributed by atoms with Crippen molar-refractivity contribution < 1.29 is 28.7 Å². The third kappa shape index (κ3) is 2.43. The molecule has 0 bridgehead atoms. The van der Waals surface area contributed by atoms with Gasteiger partial charge in [0.25, 0.3) is 0 Å². The SMILES string of the molecule is CN1C(=O)C2(C3=C(OC4=C2C(=O)c2ccccc2C4=O)C(=O)c2ccccc2C3=O)c2cc(Br)ccc21. The van der Waals surface area contributed by atoms with Crippen LogP contribution < -0.4 is 4.90 Å². The monoisotopic (exact) mass is 551 g/mol. The normalized spacial score (nSPS) is 19.0. The van der Waals surface area contributed by atoms with Gasteiger partial charge < -0.3 is 9.64 Å². The van der Waals surface area contributed by atoms with Crippen LogP contribution in [0, 0.1) is 0 Å². The van der Waals surface area contributed by atoms with E-state index in [1.165, 1.54) is 36.2 Å². The summed E-state index contributed by atoms with van der Waals surface area (Å²) in [6, 6.07) is 17.5. The summed E-state index contributed by atoms with van der Waals surface area (Å²) in [7, 11) is 1.53. The zero-order chi connectivity index (χ0) is 25.8. The van der Waals surface area contributed by atoms with E-state index in [0.717, 1.165) is 0 Å². The standard InChI is InChI=1S/C29H14BrNO6/c1-31-19-11-10-13(30)12-18(19)29(28(31)36)20-22(32)14-6-2-4-8-16(14)24(34)26(20)37-27-21(29)23(33)15-7-3-5-9-17(15)25(27)35/h2-12H,1H3. The average Bonchev–Trinajstić information content (AvgIpc) is 3.12. The molecule has 0 N–H and O–H groups in total. The number of carbonyl (C=O) groups excluding carboxylic acids is 5. The van der Waals surface area contributed by atoms with E-state index in [9.17, 15) is 24.0 Å². The number of hydrogen-bond acceptors (Lipinski definition) is 6. The Morgan fingerprint density at radius 2 is 1.14 bits per heavy atom. The summed E-state index contributed by atoms with van der Waals surface area (Å²) in [6.45, 7) is 0. The maximum absolute atomic E-state index is 14.3. The minimum absolute atomic E-state index is 0.104. The third-order valence-electron chi connectivity index (χ3n) is 7.46. The first-order chi connectivity index (χ1) is 17.8. The molecule has 2 aliphatic carbocycles. The van der Waals surface area contributed by atoms with Gasteiger partial charge in [0.15, 0.2) is 23.1 Å². The van der Waals surface area contributed by atoms with Crippen molar-refractivity contribution in [1.82, 2.24) is 0 Å². The highest BCUT2D eigenvalue weighted by atomic mass is 79.9. The Bertz CT molecular complexity index is 1690. The van der Waals surface area contributed by atoms with Crippen molar-refractivity contribution >= 4 is 50.7 Å². The molecule has 37 heavy (non-hydrogen) atoms. The summed E-state index contributed by atoms with van der Waals surface area (Å²) in [5.41, 5.74) is -1.35. The Kier molecular flexibility index (Phi) is 4.17. The van der Waals surface area contributed by atoms with Gasteiger partial charge in [0.2, 0.25) is 17.5 Å². The van der Waals surface area contributed by atoms with Crippen LogP contribution in [0.3, 0.4) is 0 Å². The number of Topliss-reactive ketones (excluding diaryl/α,β-unsaturated/α-hetero) is 4. The molecule has 8 heteroatoms. The Labute approximate surface area is 218 Å². The highest BCUT2D eigenvalue weighted by Gasteiger charge is 2.65. The zero-order valence-corrected chi connectivity index (χ0v) is 20.7. The van der Waals surface area contributed by atoms with Crippen molar-refractivity contribution in [2.24, 2.45) is 0 Å².